The molecular weight excluding hydrogens is 350 g/mol. The molecule has 1 aliphatic heterocycles. The van der Waals surface area contributed by atoms with Gasteiger partial charge in [0.25, 0.3) is 5.91 Å². The average Bonchev–Trinajstić information content (AvgIpc) is 2.71. The summed E-state index contributed by atoms with van der Waals surface area (Å²) in [7, 11) is 1.60. The number of benzene rings is 2. The van der Waals surface area contributed by atoms with Gasteiger partial charge in [-0.25, -0.2) is 0 Å². The molecule has 27 heavy (non-hydrogen) atoms. The van der Waals surface area contributed by atoms with E-state index in [1.807, 2.05) is 24.3 Å². The predicted molar refractivity (Wildman–Crippen MR) is 98.3 cm³/mol. The molecule has 7 heteroatoms. The topological polar surface area (TPSA) is 83.1 Å². The quantitative estimate of drug-likeness (QED) is 0.754. The number of ether oxygens (including phenoxy) is 4. The minimum absolute atomic E-state index is 0.198. The molecule has 1 heterocycles. The van der Waals surface area contributed by atoms with Gasteiger partial charge >= 0.3 is 5.97 Å². The Hall–Kier alpha value is -3.22. The van der Waals surface area contributed by atoms with E-state index in [-0.39, 0.29) is 13.0 Å². The summed E-state index contributed by atoms with van der Waals surface area (Å²) in [6.07, 6.45) is 0.732. The maximum Gasteiger partial charge on any atom is 0.306 e. The third-order valence-electron chi connectivity index (χ3n) is 3.97. The zero-order valence-electron chi connectivity index (χ0n) is 15.0. The number of fused-ring (bicyclic) bond motifs is 1. The van der Waals surface area contributed by atoms with E-state index in [2.05, 4.69) is 5.32 Å². The fraction of sp³-hybridized carbons (Fsp3) is 0.300. The summed E-state index contributed by atoms with van der Waals surface area (Å²) in [4.78, 5) is 23.8. The number of amides is 1. The molecule has 7 nitrogen and oxygen atoms in total. The van der Waals surface area contributed by atoms with Crippen molar-refractivity contribution < 1.29 is 28.5 Å². The first-order valence-electron chi connectivity index (χ1n) is 8.62. The Bertz CT molecular complexity index is 803. The zero-order chi connectivity index (χ0) is 19.1. The van der Waals surface area contributed by atoms with Crippen LogP contribution in [0.25, 0.3) is 0 Å². The number of nitrogens with one attached hydrogen (secondary N) is 1. The van der Waals surface area contributed by atoms with Gasteiger partial charge in [0.2, 0.25) is 0 Å². The van der Waals surface area contributed by atoms with Crippen molar-refractivity contribution in [2.75, 3.05) is 32.2 Å². The van der Waals surface area contributed by atoms with E-state index in [0.29, 0.717) is 36.8 Å². The van der Waals surface area contributed by atoms with E-state index in [4.69, 9.17) is 18.9 Å². The largest absolute Gasteiger partial charge is 0.497 e. The molecule has 0 radical (unpaired) electrons. The zero-order valence-corrected chi connectivity index (χ0v) is 15.0. The first kappa shape index (κ1) is 18.6. The molecule has 0 saturated carbocycles. The lowest BCUT2D eigenvalue weighted by Crippen LogP contribution is -2.21. The molecule has 0 aliphatic carbocycles. The Morgan fingerprint density at radius 1 is 1.04 bits per heavy atom. The van der Waals surface area contributed by atoms with E-state index < -0.39 is 11.9 Å². The normalized spacial score (nSPS) is 12.2. The Kier molecular flexibility index (Phi) is 6.14. The summed E-state index contributed by atoms with van der Waals surface area (Å²) >= 11 is 0. The molecule has 0 bridgehead atoms. The van der Waals surface area contributed by atoms with Crippen LogP contribution in [0.5, 0.6) is 17.2 Å². The Balaban J connectivity index is 1.41. The fourth-order valence-electron chi connectivity index (χ4n) is 2.57. The van der Waals surface area contributed by atoms with Crippen molar-refractivity contribution in [1.82, 2.24) is 0 Å². The van der Waals surface area contributed by atoms with Gasteiger partial charge in [-0.05, 0) is 36.2 Å². The number of aryl methyl sites for hydroxylation is 1. The van der Waals surface area contributed by atoms with Crippen molar-refractivity contribution in [3.63, 3.8) is 0 Å². The minimum atomic E-state index is -0.428. The maximum atomic E-state index is 12.0. The molecule has 0 aromatic heterocycles. The molecule has 2 aromatic carbocycles. The van der Waals surface area contributed by atoms with E-state index >= 15 is 0 Å². The van der Waals surface area contributed by atoms with Crippen molar-refractivity contribution in [2.24, 2.45) is 0 Å². The lowest BCUT2D eigenvalue weighted by atomic mass is 10.1. The molecular formula is C20H21NO6. The summed E-state index contributed by atoms with van der Waals surface area (Å²) < 4.78 is 21.0. The van der Waals surface area contributed by atoms with Crippen LogP contribution in [-0.2, 0) is 20.7 Å². The summed E-state index contributed by atoms with van der Waals surface area (Å²) in [6.45, 7) is 0.636. The lowest BCUT2D eigenvalue weighted by molar-refractivity contribution is -0.147. The van der Waals surface area contributed by atoms with Crippen molar-refractivity contribution in [1.29, 1.82) is 0 Å². The van der Waals surface area contributed by atoms with Crippen LogP contribution in [0.3, 0.4) is 0 Å². The number of hydrogen-bond acceptors (Lipinski definition) is 6. The van der Waals surface area contributed by atoms with Gasteiger partial charge in [-0.2, -0.15) is 0 Å². The van der Waals surface area contributed by atoms with Gasteiger partial charge in [-0.15, -0.1) is 0 Å². The van der Waals surface area contributed by atoms with Crippen LogP contribution in [0.2, 0.25) is 0 Å². The maximum absolute atomic E-state index is 12.0. The standard InChI is InChI=1S/C20H21NO6/c1-24-16-6-2-14(3-7-16)4-9-20(23)27-13-19(22)21-15-5-8-17-18(12-15)26-11-10-25-17/h2-3,5-8,12H,4,9-11,13H2,1H3,(H,21,22). The van der Waals surface area contributed by atoms with Crippen molar-refractivity contribution >= 4 is 17.6 Å². The van der Waals surface area contributed by atoms with Crippen LogP contribution < -0.4 is 19.5 Å². The molecule has 0 saturated heterocycles. The highest BCUT2D eigenvalue weighted by molar-refractivity contribution is 5.93. The molecule has 0 spiro atoms. The first-order chi connectivity index (χ1) is 13.1. The van der Waals surface area contributed by atoms with Crippen LogP contribution in [0.1, 0.15) is 12.0 Å². The molecule has 3 rings (SSSR count). The second-order valence-electron chi connectivity index (χ2n) is 5.92. The number of rotatable bonds is 7. The fourth-order valence-corrected chi connectivity index (χ4v) is 2.57. The average molecular weight is 371 g/mol. The van der Waals surface area contributed by atoms with Crippen molar-refractivity contribution in [3.05, 3.63) is 48.0 Å². The van der Waals surface area contributed by atoms with Crippen molar-refractivity contribution in [2.45, 2.75) is 12.8 Å². The minimum Gasteiger partial charge on any atom is -0.497 e. The Morgan fingerprint density at radius 2 is 1.78 bits per heavy atom. The monoisotopic (exact) mass is 371 g/mol. The van der Waals surface area contributed by atoms with Gasteiger partial charge in [0.15, 0.2) is 18.1 Å². The van der Waals surface area contributed by atoms with Crippen LogP contribution in [0.15, 0.2) is 42.5 Å². The van der Waals surface area contributed by atoms with Crippen LogP contribution in [-0.4, -0.2) is 38.8 Å². The summed E-state index contributed by atoms with van der Waals surface area (Å²) in [5, 5.41) is 2.67. The number of hydrogen-bond donors (Lipinski definition) is 1. The molecule has 0 atom stereocenters. The van der Waals surface area contributed by atoms with E-state index in [1.165, 1.54) is 0 Å². The SMILES string of the molecule is COc1ccc(CCC(=O)OCC(=O)Nc2ccc3c(c2)OCCO3)cc1. The van der Waals surface area contributed by atoms with Gasteiger partial charge in [-0.1, -0.05) is 12.1 Å². The number of carbonyl (C=O) groups is 2. The molecule has 142 valence electrons. The lowest BCUT2D eigenvalue weighted by Gasteiger charge is -2.19. The highest BCUT2D eigenvalue weighted by atomic mass is 16.6. The Morgan fingerprint density at radius 3 is 2.52 bits per heavy atom. The second kappa shape index (κ2) is 8.93. The number of methoxy groups -OCH3 is 1. The van der Waals surface area contributed by atoms with E-state index in [1.54, 1.807) is 25.3 Å². The van der Waals surface area contributed by atoms with Gasteiger partial charge in [0, 0.05) is 18.2 Å². The summed E-state index contributed by atoms with van der Waals surface area (Å²) in [5.41, 5.74) is 1.55. The molecule has 2 aromatic rings. The van der Waals surface area contributed by atoms with Crippen LogP contribution in [0, 0.1) is 0 Å². The van der Waals surface area contributed by atoms with Crippen molar-refractivity contribution in [3.8, 4) is 17.2 Å². The second-order valence-corrected chi connectivity index (χ2v) is 5.92. The van der Waals surface area contributed by atoms with E-state index in [9.17, 15) is 9.59 Å². The number of carbonyl (C=O) groups excluding carboxylic acids is 2. The highest BCUT2D eigenvalue weighted by Gasteiger charge is 2.13. The molecule has 1 amide bonds. The van der Waals surface area contributed by atoms with E-state index in [0.717, 1.165) is 11.3 Å². The number of anilines is 1. The first-order valence-corrected chi connectivity index (χ1v) is 8.62. The molecule has 1 N–H and O–H groups in total. The van der Waals surface area contributed by atoms with Crippen LogP contribution >= 0.6 is 0 Å². The predicted octanol–water partition coefficient (Wildman–Crippen LogP) is 2.58. The smallest absolute Gasteiger partial charge is 0.306 e. The summed E-state index contributed by atoms with van der Waals surface area (Å²) in [5.74, 6) is 1.14. The third-order valence-corrected chi connectivity index (χ3v) is 3.97. The highest BCUT2D eigenvalue weighted by Crippen LogP contribution is 2.32. The van der Waals surface area contributed by atoms with Gasteiger partial charge in [0.1, 0.15) is 19.0 Å². The van der Waals surface area contributed by atoms with Gasteiger partial charge in [0.05, 0.1) is 7.11 Å². The third kappa shape index (κ3) is 5.37. The molecule has 0 unspecified atom stereocenters. The summed E-state index contributed by atoms with van der Waals surface area (Å²) in [6, 6.07) is 12.6. The number of esters is 1. The van der Waals surface area contributed by atoms with Gasteiger partial charge in [-0.3, -0.25) is 9.59 Å². The Labute approximate surface area is 157 Å². The molecule has 1 aliphatic rings. The van der Waals surface area contributed by atoms with Gasteiger partial charge < -0.3 is 24.3 Å². The molecule has 0 fully saturated rings. The van der Waals surface area contributed by atoms with Crippen LogP contribution in [0.4, 0.5) is 5.69 Å².